The summed E-state index contributed by atoms with van der Waals surface area (Å²) < 4.78 is 4.88. The molecule has 0 saturated heterocycles. The Bertz CT molecular complexity index is 419. The Morgan fingerprint density at radius 2 is 2.33 bits per heavy atom. The van der Waals surface area contributed by atoms with Crippen molar-refractivity contribution in [3.63, 3.8) is 0 Å². The molecule has 0 aliphatic carbocycles. The molecule has 6 nitrogen and oxygen atoms in total. The van der Waals surface area contributed by atoms with E-state index in [4.69, 9.17) is 21.5 Å². The lowest BCUT2D eigenvalue weighted by atomic mass is 10.2. The van der Waals surface area contributed by atoms with Gasteiger partial charge in [0.25, 0.3) is 5.69 Å². The molecule has 0 radical (unpaired) electrons. The second-order valence-electron chi connectivity index (χ2n) is 2.53. The van der Waals surface area contributed by atoms with Crippen LogP contribution in [0.15, 0.2) is 23.4 Å². The smallest absolute Gasteiger partial charge is 0.273 e. The van der Waals surface area contributed by atoms with E-state index >= 15 is 0 Å². The number of hydrogen-bond donors (Lipinski definition) is 1. The quantitative estimate of drug-likeness (QED) is 0.372. The molecule has 0 aliphatic heterocycles. The van der Waals surface area contributed by atoms with Crippen molar-refractivity contribution in [1.82, 2.24) is 0 Å². The third kappa shape index (κ3) is 2.35. The number of non-ortho nitro benzene ring substituents is 1. The highest BCUT2D eigenvalue weighted by atomic mass is 35.5. The molecule has 1 aromatic rings. The monoisotopic (exact) mass is 230 g/mol. The number of halogens is 1. The van der Waals surface area contributed by atoms with Crippen molar-refractivity contribution in [3.8, 4) is 5.75 Å². The number of methoxy groups -OCH3 is 1. The van der Waals surface area contributed by atoms with Crippen LogP contribution in [0.3, 0.4) is 0 Å². The molecule has 0 unspecified atom stereocenters. The third-order valence-electron chi connectivity index (χ3n) is 1.71. The number of benzene rings is 1. The number of nitro benzene ring substituents is 1. The molecule has 0 atom stereocenters. The maximum Gasteiger partial charge on any atom is 0.273 e. The molecule has 0 saturated carbocycles. The molecule has 1 rings (SSSR count). The first-order valence-corrected chi connectivity index (χ1v) is 4.18. The van der Waals surface area contributed by atoms with Crippen LogP contribution in [-0.4, -0.2) is 22.4 Å². The molecule has 0 fully saturated rings. The number of nitrogens with zero attached hydrogens (tertiary/aromatic N) is 2. The van der Waals surface area contributed by atoms with Crippen LogP contribution in [0.4, 0.5) is 5.69 Å². The largest absolute Gasteiger partial charge is 0.496 e. The molecule has 80 valence electrons. The van der Waals surface area contributed by atoms with Gasteiger partial charge in [0.1, 0.15) is 5.75 Å². The number of hydrogen-bond acceptors (Lipinski definition) is 5. The van der Waals surface area contributed by atoms with Crippen LogP contribution in [0.5, 0.6) is 5.75 Å². The molecule has 0 amide bonds. The molecule has 7 heteroatoms. The first kappa shape index (κ1) is 11.3. The Balaban J connectivity index is 3.27. The van der Waals surface area contributed by atoms with Crippen LogP contribution < -0.4 is 4.74 Å². The van der Waals surface area contributed by atoms with Crippen LogP contribution in [0.1, 0.15) is 5.56 Å². The molecule has 0 spiro atoms. The van der Waals surface area contributed by atoms with Gasteiger partial charge in [0, 0.05) is 6.07 Å². The minimum Gasteiger partial charge on any atom is -0.496 e. The highest BCUT2D eigenvalue weighted by Gasteiger charge is 2.14. The van der Waals surface area contributed by atoms with Gasteiger partial charge in [-0.2, -0.15) is 0 Å². The second-order valence-corrected chi connectivity index (χ2v) is 2.89. The molecule has 0 bridgehead atoms. The van der Waals surface area contributed by atoms with Crippen molar-refractivity contribution in [1.29, 1.82) is 0 Å². The van der Waals surface area contributed by atoms with Crippen LogP contribution in [-0.2, 0) is 0 Å². The van der Waals surface area contributed by atoms with E-state index in [1.165, 1.54) is 25.3 Å². The van der Waals surface area contributed by atoms with Crippen molar-refractivity contribution in [2.24, 2.45) is 5.16 Å². The van der Waals surface area contributed by atoms with E-state index in [0.29, 0.717) is 0 Å². The fourth-order valence-corrected chi connectivity index (χ4v) is 1.17. The van der Waals surface area contributed by atoms with Crippen molar-refractivity contribution in [2.45, 2.75) is 0 Å². The first-order valence-electron chi connectivity index (χ1n) is 3.80. The van der Waals surface area contributed by atoms with Gasteiger partial charge in [0.15, 0.2) is 5.17 Å². The fraction of sp³-hybridized carbons (Fsp3) is 0.125. The zero-order valence-electron chi connectivity index (χ0n) is 7.68. The van der Waals surface area contributed by atoms with Crippen molar-refractivity contribution >= 4 is 22.5 Å². The van der Waals surface area contributed by atoms with E-state index in [9.17, 15) is 10.1 Å². The first-order chi connectivity index (χ1) is 7.10. The van der Waals surface area contributed by atoms with E-state index in [0.717, 1.165) is 0 Å². The Morgan fingerprint density at radius 1 is 1.67 bits per heavy atom. The average Bonchev–Trinajstić information content (AvgIpc) is 2.27. The molecule has 1 aromatic carbocycles. The third-order valence-corrected chi connectivity index (χ3v) is 1.99. The summed E-state index contributed by atoms with van der Waals surface area (Å²) in [7, 11) is 1.34. The van der Waals surface area contributed by atoms with Crippen LogP contribution in [0.2, 0.25) is 0 Å². The second kappa shape index (κ2) is 4.61. The van der Waals surface area contributed by atoms with E-state index in [-0.39, 0.29) is 22.2 Å². The number of nitro groups is 1. The zero-order valence-corrected chi connectivity index (χ0v) is 8.43. The summed E-state index contributed by atoms with van der Waals surface area (Å²) in [6.45, 7) is 0. The van der Waals surface area contributed by atoms with Gasteiger partial charge in [-0.3, -0.25) is 10.1 Å². The Kier molecular flexibility index (Phi) is 3.46. The summed E-state index contributed by atoms with van der Waals surface area (Å²) in [6, 6.07) is 3.79. The fourth-order valence-electron chi connectivity index (χ4n) is 1.02. The highest BCUT2D eigenvalue weighted by Crippen LogP contribution is 2.25. The van der Waals surface area contributed by atoms with Gasteiger partial charge >= 0.3 is 0 Å². The molecule has 0 heterocycles. The lowest BCUT2D eigenvalue weighted by molar-refractivity contribution is -0.384. The van der Waals surface area contributed by atoms with Crippen molar-refractivity contribution in [2.75, 3.05) is 7.11 Å². The number of oxime groups is 1. The predicted molar refractivity (Wildman–Crippen MR) is 53.8 cm³/mol. The van der Waals surface area contributed by atoms with Gasteiger partial charge in [-0.05, 0) is 6.07 Å². The molecular weight excluding hydrogens is 224 g/mol. The van der Waals surface area contributed by atoms with Gasteiger partial charge < -0.3 is 9.94 Å². The summed E-state index contributed by atoms with van der Waals surface area (Å²) in [6.07, 6.45) is 0. The minimum atomic E-state index is -0.559. The van der Waals surface area contributed by atoms with Gasteiger partial charge in [-0.1, -0.05) is 16.8 Å². The normalized spacial score (nSPS) is 11.2. The minimum absolute atomic E-state index is 0.127. The van der Waals surface area contributed by atoms with Gasteiger partial charge in [-0.15, -0.1) is 0 Å². The molecule has 0 aromatic heterocycles. The lowest BCUT2D eigenvalue weighted by Gasteiger charge is -2.04. The van der Waals surface area contributed by atoms with E-state index in [2.05, 4.69) is 5.16 Å². The molecule has 0 aliphatic rings. The number of ether oxygens (including phenoxy) is 1. The predicted octanol–water partition coefficient (Wildman–Crippen LogP) is 1.98. The summed E-state index contributed by atoms with van der Waals surface area (Å²) in [4.78, 5) is 9.90. The van der Waals surface area contributed by atoms with Gasteiger partial charge in [0.05, 0.1) is 23.7 Å². The average molecular weight is 231 g/mol. The highest BCUT2D eigenvalue weighted by molar-refractivity contribution is 6.69. The summed E-state index contributed by atoms with van der Waals surface area (Å²) in [5, 5.41) is 21.5. The van der Waals surface area contributed by atoms with Gasteiger partial charge in [-0.25, -0.2) is 0 Å². The topological polar surface area (TPSA) is 85.0 Å². The SMILES string of the molecule is COc1cc([N+](=O)[O-])ccc1C(Cl)=NO. The van der Waals surface area contributed by atoms with Crippen LogP contribution in [0, 0.1) is 10.1 Å². The maximum atomic E-state index is 10.5. The zero-order chi connectivity index (χ0) is 11.4. The van der Waals surface area contributed by atoms with E-state index < -0.39 is 4.92 Å². The Labute approximate surface area is 89.9 Å². The van der Waals surface area contributed by atoms with E-state index in [1.807, 2.05) is 0 Å². The molecule has 15 heavy (non-hydrogen) atoms. The van der Waals surface area contributed by atoms with Gasteiger partial charge in [0.2, 0.25) is 0 Å². The molecule has 1 N–H and O–H groups in total. The number of rotatable bonds is 3. The van der Waals surface area contributed by atoms with E-state index in [1.54, 1.807) is 0 Å². The summed E-state index contributed by atoms with van der Waals surface area (Å²) >= 11 is 5.56. The van der Waals surface area contributed by atoms with Crippen molar-refractivity contribution < 1.29 is 14.9 Å². The van der Waals surface area contributed by atoms with Crippen LogP contribution in [0.25, 0.3) is 0 Å². The van der Waals surface area contributed by atoms with Crippen LogP contribution >= 0.6 is 11.6 Å². The standard InChI is InChI=1S/C8H7ClN2O4/c1-15-7-4-5(11(13)14)2-3-6(7)8(9)10-12/h2-4,12H,1H3. The Hall–Kier alpha value is -1.82. The summed E-state index contributed by atoms with van der Waals surface area (Å²) in [5.41, 5.74) is 0.158. The lowest BCUT2D eigenvalue weighted by Crippen LogP contribution is -1.98. The van der Waals surface area contributed by atoms with Crippen molar-refractivity contribution in [3.05, 3.63) is 33.9 Å². The Morgan fingerprint density at radius 3 is 2.80 bits per heavy atom. The molecular formula is C8H7ClN2O4. The maximum absolute atomic E-state index is 10.5. The summed E-state index contributed by atoms with van der Waals surface area (Å²) in [5.74, 6) is 0.173.